The summed E-state index contributed by atoms with van der Waals surface area (Å²) in [5.41, 5.74) is 1.61. The molecule has 0 atom stereocenters. The molecule has 0 aliphatic carbocycles. The van der Waals surface area contributed by atoms with Crippen LogP contribution in [0.3, 0.4) is 0 Å². The van der Waals surface area contributed by atoms with E-state index in [1.54, 1.807) is 5.70 Å². The lowest BCUT2D eigenvalue weighted by Crippen LogP contribution is -2.14. The van der Waals surface area contributed by atoms with E-state index in [1.165, 1.54) is 0 Å². The normalized spacial score (nSPS) is 11.4. The zero-order chi connectivity index (χ0) is 6.62. The van der Waals surface area contributed by atoms with Gasteiger partial charge < -0.3 is 0 Å². The van der Waals surface area contributed by atoms with Crippen LogP contribution in [0.4, 0.5) is 0 Å². The van der Waals surface area contributed by atoms with Crippen molar-refractivity contribution in [3.63, 3.8) is 0 Å². The fourth-order valence-electron chi connectivity index (χ4n) is 0.228. The SMILES string of the molecule is C=C[Si](Cl)(Cl)CCCl. The van der Waals surface area contributed by atoms with Crippen molar-refractivity contribution < 1.29 is 0 Å². The largest absolute Gasteiger partial charge is 0.274 e. The van der Waals surface area contributed by atoms with Crippen molar-refractivity contribution in [2.75, 3.05) is 5.88 Å². The summed E-state index contributed by atoms with van der Waals surface area (Å²) in [5.74, 6) is 0.519. The molecule has 0 nitrogen and oxygen atoms in total. The van der Waals surface area contributed by atoms with Crippen molar-refractivity contribution in [2.24, 2.45) is 0 Å². The Balaban J connectivity index is 3.53. The van der Waals surface area contributed by atoms with Crippen molar-refractivity contribution >= 4 is 40.5 Å². The van der Waals surface area contributed by atoms with Gasteiger partial charge in [-0.1, -0.05) is 5.70 Å². The van der Waals surface area contributed by atoms with Gasteiger partial charge in [-0.3, -0.25) is 0 Å². The predicted molar refractivity (Wildman–Crippen MR) is 43.2 cm³/mol. The maximum absolute atomic E-state index is 5.72. The highest BCUT2D eigenvalue weighted by Gasteiger charge is 2.21. The predicted octanol–water partition coefficient (Wildman–Crippen LogP) is 2.87. The number of alkyl halides is 1. The fraction of sp³-hybridized carbons (Fsp3) is 0.500. The highest BCUT2D eigenvalue weighted by molar-refractivity contribution is 7.47. The molecule has 0 rings (SSSR count). The van der Waals surface area contributed by atoms with E-state index in [2.05, 4.69) is 6.58 Å². The first-order valence-corrected chi connectivity index (χ1v) is 7.04. The minimum Gasteiger partial charge on any atom is -0.140 e. The number of rotatable bonds is 3. The van der Waals surface area contributed by atoms with Gasteiger partial charge in [-0.15, -0.1) is 40.3 Å². The van der Waals surface area contributed by atoms with E-state index in [0.29, 0.717) is 11.9 Å². The molecule has 0 saturated heterocycles. The van der Waals surface area contributed by atoms with Gasteiger partial charge in [0.1, 0.15) is 0 Å². The van der Waals surface area contributed by atoms with Crippen molar-refractivity contribution in [3.05, 3.63) is 12.3 Å². The Bertz CT molecular complexity index is 81.4. The fourth-order valence-corrected chi connectivity index (χ4v) is 2.73. The zero-order valence-electron chi connectivity index (χ0n) is 4.33. The van der Waals surface area contributed by atoms with Crippen LogP contribution in [0.2, 0.25) is 6.04 Å². The first-order chi connectivity index (χ1) is 3.62. The molecular formula is C4H7Cl3Si. The molecule has 0 amide bonds. The van der Waals surface area contributed by atoms with Crippen LogP contribution in [0.15, 0.2) is 12.3 Å². The quantitative estimate of drug-likeness (QED) is 0.364. The highest BCUT2D eigenvalue weighted by Crippen LogP contribution is 2.21. The van der Waals surface area contributed by atoms with E-state index in [1.807, 2.05) is 0 Å². The van der Waals surface area contributed by atoms with Crippen LogP contribution in [0.1, 0.15) is 0 Å². The lowest BCUT2D eigenvalue weighted by molar-refractivity contribution is 1.46. The van der Waals surface area contributed by atoms with E-state index in [-0.39, 0.29) is 0 Å². The van der Waals surface area contributed by atoms with Crippen LogP contribution in [-0.4, -0.2) is 12.6 Å². The molecular weight excluding hydrogens is 182 g/mol. The molecule has 0 aromatic heterocycles. The summed E-state index contributed by atoms with van der Waals surface area (Å²) in [6.45, 7) is 1.39. The van der Waals surface area contributed by atoms with Crippen LogP contribution >= 0.6 is 33.8 Å². The molecule has 0 radical (unpaired) electrons. The molecule has 0 spiro atoms. The van der Waals surface area contributed by atoms with Gasteiger partial charge >= 0.3 is 0 Å². The standard InChI is InChI=1S/C4H7Cl3Si/c1-2-8(6,7)4-3-5/h2H,1,3-4H2. The summed E-state index contributed by atoms with van der Waals surface area (Å²) in [7, 11) is 0. The monoisotopic (exact) mass is 188 g/mol. The third-order valence-electron chi connectivity index (χ3n) is 0.726. The Morgan fingerprint density at radius 2 is 2.00 bits per heavy atom. The number of halogens is 3. The van der Waals surface area contributed by atoms with Crippen molar-refractivity contribution in [2.45, 2.75) is 6.04 Å². The van der Waals surface area contributed by atoms with Gasteiger partial charge in [-0.05, 0) is 6.04 Å². The summed E-state index contributed by atoms with van der Waals surface area (Å²) in [6, 6.07) is 0.682. The summed E-state index contributed by atoms with van der Waals surface area (Å²) >= 11 is 16.8. The molecule has 0 fully saturated rings. The first-order valence-electron chi connectivity index (χ1n) is 2.20. The average Bonchev–Trinajstić information content (AvgIpc) is 1.67. The third-order valence-corrected chi connectivity index (χ3v) is 4.81. The number of hydrogen-bond donors (Lipinski definition) is 0. The molecule has 0 bridgehead atoms. The summed E-state index contributed by atoms with van der Waals surface area (Å²) in [5, 5.41) is 0. The number of hydrogen-bond acceptors (Lipinski definition) is 0. The van der Waals surface area contributed by atoms with Crippen LogP contribution in [0.25, 0.3) is 0 Å². The van der Waals surface area contributed by atoms with Crippen LogP contribution in [0, 0.1) is 0 Å². The maximum Gasteiger partial charge on any atom is 0.274 e. The Morgan fingerprint density at radius 3 is 2.12 bits per heavy atom. The Morgan fingerprint density at radius 1 is 1.50 bits per heavy atom. The van der Waals surface area contributed by atoms with E-state index in [4.69, 9.17) is 33.8 Å². The van der Waals surface area contributed by atoms with E-state index >= 15 is 0 Å². The van der Waals surface area contributed by atoms with Gasteiger partial charge in [0.25, 0.3) is 6.69 Å². The molecule has 0 aromatic carbocycles. The van der Waals surface area contributed by atoms with Gasteiger partial charge in [0.05, 0.1) is 0 Å². The molecule has 8 heavy (non-hydrogen) atoms. The van der Waals surface area contributed by atoms with Crippen molar-refractivity contribution in [1.82, 2.24) is 0 Å². The van der Waals surface area contributed by atoms with Crippen LogP contribution < -0.4 is 0 Å². The second-order valence-corrected chi connectivity index (χ2v) is 8.84. The molecule has 0 heterocycles. The van der Waals surface area contributed by atoms with Crippen molar-refractivity contribution in [3.8, 4) is 0 Å². The summed E-state index contributed by atoms with van der Waals surface area (Å²) < 4.78 is 0. The molecule has 0 saturated carbocycles. The summed E-state index contributed by atoms with van der Waals surface area (Å²) in [6.07, 6.45) is 0. The zero-order valence-corrected chi connectivity index (χ0v) is 7.60. The molecule has 48 valence electrons. The Kier molecular flexibility index (Phi) is 4.17. The Labute approximate surface area is 64.8 Å². The lowest BCUT2D eigenvalue weighted by atomic mass is 11.0. The highest BCUT2D eigenvalue weighted by atomic mass is 35.7. The van der Waals surface area contributed by atoms with Gasteiger partial charge in [0.2, 0.25) is 0 Å². The average molecular weight is 190 g/mol. The smallest absolute Gasteiger partial charge is 0.140 e. The lowest BCUT2D eigenvalue weighted by Gasteiger charge is -2.06. The minimum absolute atomic E-state index is 0.519. The maximum atomic E-state index is 5.72. The first kappa shape index (κ1) is 8.83. The van der Waals surface area contributed by atoms with Gasteiger partial charge in [0, 0.05) is 5.88 Å². The van der Waals surface area contributed by atoms with E-state index < -0.39 is 6.69 Å². The molecule has 0 aliphatic rings. The second-order valence-electron chi connectivity index (χ2n) is 1.40. The van der Waals surface area contributed by atoms with E-state index in [0.717, 1.165) is 0 Å². The molecule has 0 N–H and O–H groups in total. The Hall–Kier alpha value is 0.827. The van der Waals surface area contributed by atoms with E-state index in [9.17, 15) is 0 Å². The minimum atomic E-state index is -2.10. The third kappa shape index (κ3) is 3.78. The van der Waals surface area contributed by atoms with Crippen LogP contribution in [0.5, 0.6) is 0 Å². The van der Waals surface area contributed by atoms with Gasteiger partial charge in [-0.2, -0.15) is 0 Å². The van der Waals surface area contributed by atoms with Crippen molar-refractivity contribution in [1.29, 1.82) is 0 Å². The summed E-state index contributed by atoms with van der Waals surface area (Å²) in [4.78, 5) is 0. The molecule has 0 aromatic rings. The van der Waals surface area contributed by atoms with Gasteiger partial charge in [0.15, 0.2) is 0 Å². The molecule has 0 aliphatic heterocycles. The molecule has 4 heteroatoms. The van der Waals surface area contributed by atoms with Gasteiger partial charge in [-0.25, -0.2) is 0 Å². The van der Waals surface area contributed by atoms with Crippen LogP contribution in [-0.2, 0) is 0 Å². The topological polar surface area (TPSA) is 0 Å². The second kappa shape index (κ2) is 3.78. The molecule has 0 unspecified atom stereocenters.